The van der Waals surface area contributed by atoms with Crippen molar-refractivity contribution in [3.63, 3.8) is 0 Å². The van der Waals surface area contributed by atoms with Gasteiger partial charge in [-0.1, -0.05) is 13.8 Å². The van der Waals surface area contributed by atoms with Crippen LogP contribution in [0.15, 0.2) is 0 Å². The third-order valence-electron chi connectivity index (χ3n) is 14.6. The van der Waals surface area contributed by atoms with Gasteiger partial charge in [-0.25, -0.2) is 0 Å². The Hall–Kier alpha value is 0. The van der Waals surface area contributed by atoms with E-state index in [-0.39, 0.29) is 0 Å². The van der Waals surface area contributed by atoms with Gasteiger partial charge in [0.25, 0.3) is 0 Å². The highest BCUT2D eigenvalue weighted by atomic mass is 15.1. The van der Waals surface area contributed by atoms with Crippen LogP contribution in [0, 0.1) is 117 Å². The van der Waals surface area contributed by atoms with Crippen molar-refractivity contribution < 1.29 is 0 Å². The quantitative estimate of drug-likeness (QED) is 0.642. The highest BCUT2D eigenvalue weighted by Crippen LogP contribution is 3.06. The second-order valence-corrected chi connectivity index (χ2v) is 12.8. The fourth-order valence-corrected chi connectivity index (χ4v) is 16.7. The van der Waals surface area contributed by atoms with E-state index in [1.807, 2.05) is 0 Å². The van der Waals surface area contributed by atoms with Crippen molar-refractivity contribution in [1.82, 2.24) is 0 Å². The Morgan fingerprint density at radius 3 is 0.864 bits per heavy atom. The van der Waals surface area contributed by atoms with E-state index >= 15 is 0 Å². The van der Waals surface area contributed by atoms with Gasteiger partial charge in [0.15, 0.2) is 0 Å². The standard InChI is InChI=1S/C22H24/c1-21-15-5-3-4-6(15)10-12-8(4)16-7(3)11-9(5)17(21)13-14(18(10)21)20(12)22(16,2)19(11)13/h3-20H,1-2H3/t3?,4?,5-,6-,7-,8+,9-,10-,11+,12-,13?,14?,15?,16?,17-,18-,19+,20+,21?,22?/m1/s1. The third-order valence-corrected chi connectivity index (χ3v) is 14.6. The average Bonchev–Trinajstić information content (AvgIpc) is 3.15. The van der Waals surface area contributed by atoms with Crippen LogP contribution in [0.2, 0.25) is 0 Å². The Labute approximate surface area is 131 Å². The maximum atomic E-state index is 2.89. The van der Waals surface area contributed by atoms with Gasteiger partial charge < -0.3 is 0 Å². The summed E-state index contributed by atoms with van der Waals surface area (Å²) in [4.78, 5) is 0. The summed E-state index contributed by atoms with van der Waals surface area (Å²) in [6, 6.07) is 0. The normalized spacial score (nSPS) is 106. The van der Waals surface area contributed by atoms with Crippen LogP contribution in [0.5, 0.6) is 0 Å². The van der Waals surface area contributed by atoms with Crippen LogP contribution in [0.1, 0.15) is 13.8 Å². The van der Waals surface area contributed by atoms with Crippen molar-refractivity contribution in [3.8, 4) is 0 Å². The molecule has 0 heterocycles. The van der Waals surface area contributed by atoms with Crippen LogP contribution in [0.3, 0.4) is 0 Å². The van der Waals surface area contributed by atoms with Gasteiger partial charge in [0, 0.05) is 0 Å². The second-order valence-electron chi connectivity index (χ2n) is 12.8. The van der Waals surface area contributed by atoms with Crippen LogP contribution in [0.4, 0.5) is 0 Å². The van der Waals surface area contributed by atoms with Crippen LogP contribution in [-0.2, 0) is 0 Å². The summed E-state index contributed by atoms with van der Waals surface area (Å²) >= 11 is 0. The van der Waals surface area contributed by atoms with Crippen LogP contribution in [0.25, 0.3) is 0 Å². The maximum absolute atomic E-state index is 2.89. The Bertz CT molecular complexity index is 676. The van der Waals surface area contributed by atoms with Crippen molar-refractivity contribution in [3.05, 3.63) is 0 Å². The first-order valence-corrected chi connectivity index (χ1v) is 10.7. The van der Waals surface area contributed by atoms with Gasteiger partial charge in [-0.3, -0.25) is 0 Å². The van der Waals surface area contributed by atoms with Gasteiger partial charge in [0.05, 0.1) is 0 Å². The monoisotopic (exact) mass is 288 g/mol. The summed E-state index contributed by atoms with van der Waals surface area (Å²) in [6.45, 7) is 5.78. The van der Waals surface area contributed by atoms with Crippen molar-refractivity contribution in [1.29, 1.82) is 0 Å². The largest absolute Gasteiger partial charge is 0.0588 e. The molecule has 12 fully saturated rings. The van der Waals surface area contributed by atoms with E-state index in [0.29, 0.717) is 0 Å². The molecule has 0 amide bonds. The Kier molecular flexibility index (Phi) is 0.830. The molecule has 0 saturated heterocycles. The molecule has 12 rings (SSSR count). The molecule has 20 atom stereocenters. The van der Waals surface area contributed by atoms with E-state index in [1.165, 1.54) is 107 Å². The van der Waals surface area contributed by atoms with E-state index in [0.717, 1.165) is 10.8 Å². The van der Waals surface area contributed by atoms with Gasteiger partial charge in [-0.05, 0) is 117 Å². The van der Waals surface area contributed by atoms with Crippen molar-refractivity contribution >= 4 is 0 Å². The molecule has 0 bridgehead atoms. The molecule has 0 aromatic rings. The number of hydrogen-bond acceptors (Lipinski definition) is 0. The maximum Gasteiger partial charge on any atom is -0.0224 e. The minimum absolute atomic E-state index is 0.883. The minimum Gasteiger partial charge on any atom is -0.0588 e. The van der Waals surface area contributed by atoms with Crippen molar-refractivity contribution in [2.75, 3.05) is 0 Å². The molecular weight excluding hydrogens is 264 g/mol. The van der Waals surface area contributed by atoms with Gasteiger partial charge >= 0.3 is 0 Å². The Morgan fingerprint density at radius 1 is 0.318 bits per heavy atom. The molecule has 0 aromatic heterocycles. The van der Waals surface area contributed by atoms with E-state index < -0.39 is 0 Å². The zero-order valence-corrected chi connectivity index (χ0v) is 13.4. The lowest BCUT2D eigenvalue weighted by Crippen LogP contribution is -2.36. The topological polar surface area (TPSA) is 0 Å². The lowest BCUT2D eigenvalue weighted by atomic mass is 9.64. The zero-order valence-electron chi connectivity index (χ0n) is 13.4. The molecule has 12 aliphatic carbocycles. The van der Waals surface area contributed by atoms with Crippen LogP contribution >= 0.6 is 0 Å². The summed E-state index contributed by atoms with van der Waals surface area (Å²) < 4.78 is 0. The fourth-order valence-electron chi connectivity index (χ4n) is 16.7. The lowest BCUT2D eigenvalue weighted by molar-refractivity contribution is 0.0701. The first kappa shape index (κ1) is 9.47. The predicted molar refractivity (Wildman–Crippen MR) is 79.0 cm³/mol. The van der Waals surface area contributed by atoms with Gasteiger partial charge in [-0.2, -0.15) is 0 Å². The molecular formula is C22H24. The molecule has 0 radical (unpaired) electrons. The fraction of sp³-hybridized carbons (Fsp3) is 1.00. The minimum atomic E-state index is 0.883. The first-order chi connectivity index (χ1) is 10.7. The lowest BCUT2D eigenvalue weighted by Gasteiger charge is -2.40. The molecule has 0 heteroatoms. The van der Waals surface area contributed by atoms with E-state index in [9.17, 15) is 0 Å². The van der Waals surface area contributed by atoms with Crippen LogP contribution in [-0.4, -0.2) is 0 Å². The molecule has 112 valence electrons. The predicted octanol–water partition coefficient (Wildman–Crippen LogP) is 3.24. The Balaban J connectivity index is 1.49. The summed E-state index contributed by atoms with van der Waals surface area (Å²) in [5.74, 6) is 23.0. The van der Waals surface area contributed by atoms with Crippen molar-refractivity contribution in [2.24, 2.45) is 117 Å². The van der Waals surface area contributed by atoms with Gasteiger partial charge in [0.1, 0.15) is 0 Å². The summed E-state index contributed by atoms with van der Waals surface area (Å²) in [5, 5.41) is 0. The van der Waals surface area contributed by atoms with Gasteiger partial charge in [-0.15, -0.1) is 0 Å². The smallest absolute Gasteiger partial charge is 0.0224 e. The van der Waals surface area contributed by atoms with E-state index in [1.54, 1.807) is 0 Å². The summed E-state index contributed by atoms with van der Waals surface area (Å²) in [6.07, 6.45) is 0. The third kappa shape index (κ3) is 0.414. The highest BCUT2D eigenvalue weighted by molar-refractivity contribution is 5.49. The Morgan fingerprint density at radius 2 is 0.545 bits per heavy atom. The van der Waals surface area contributed by atoms with E-state index in [4.69, 9.17) is 0 Å². The van der Waals surface area contributed by atoms with E-state index in [2.05, 4.69) is 13.8 Å². The second kappa shape index (κ2) is 1.93. The molecule has 0 N–H and O–H groups in total. The SMILES string of the molecule is CC12C3[C@H]4C5C6[C@H]7C8[C@H]5[C@@H]5[C@@H]4[C@H]1C1C4[C@@H]2[C@@H]([C@@H]63)[C@@H]7[C@H]4C8(C)[C@@H]15. The molecule has 0 aliphatic heterocycles. The molecule has 22 heavy (non-hydrogen) atoms. The summed E-state index contributed by atoms with van der Waals surface area (Å²) in [7, 11) is 0. The van der Waals surface area contributed by atoms with Crippen molar-refractivity contribution in [2.45, 2.75) is 13.8 Å². The molecule has 0 aromatic carbocycles. The molecule has 0 nitrogen and oxygen atoms in total. The number of hydrogen-bond donors (Lipinski definition) is 0. The first-order valence-electron chi connectivity index (χ1n) is 10.7. The molecule has 12 saturated carbocycles. The molecule has 12 aliphatic rings. The highest BCUT2D eigenvalue weighted by Gasteiger charge is 3.02. The van der Waals surface area contributed by atoms with Crippen LogP contribution < -0.4 is 0 Å². The zero-order chi connectivity index (χ0) is 13.4. The van der Waals surface area contributed by atoms with Gasteiger partial charge in [0.2, 0.25) is 0 Å². The summed E-state index contributed by atoms with van der Waals surface area (Å²) in [5.41, 5.74) is 1.77. The molecule has 8 unspecified atom stereocenters. The number of rotatable bonds is 0. The average molecular weight is 288 g/mol. The molecule has 0 spiro atoms.